The predicted molar refractivity (Wildman–Crippen MR) is 73.8 cm³/mol. The average Bonchev–Trinajstić information content (AvgIpc) is 2.92. The summed E-state index contributed by atoms with van der Waals surface area (Å²) in [7, 11) is 0. The van der Waals surface area contributed by atoms with Gasteiger partial charge in [-0.1, -0.05) is 18.3 Å². The van der Waals surface area contributed by atoms with Gasteiger partial charge in [-0.25, -0.2) is 4.98 Å². The van der Waals surface area contributed by atoms with Crippen LogP contribution in [0.3, 0.4) is 0 Å². The van der Waals surface area contributed by atoms with E-state index in [1.165, 1.54) is 24.4 Å². The molecular formula is C11H13N5OS2. The molecule has 0 radical (unpaired) electrons. The molecule has 1 aliphatic carbocycles. The molecule has 1 amide bonds. The summed E-state index contributed by atoms with van der Waals surface area (Å²) in [6, 6.07) is 0. The fourth-order valence-electron chi connectivity index (χ4n) is 1.67. The van der Waals surface area contributed by atoms with E-state index in [0.29, 0.717) is 16.7 Å². The number of hydrogen-bond donors (Lipinski definition) is 1. The summed E-state index contributed by atoms with van der Waals surface area (Å²) >= 11 is 2.47. The summed E-state index contributed by atoms with van der Waals surface area (Å²) < 4.78 is 8.01. The van der Waals surface area contributed by atoms with Gasteiger partial charge in [0.05, 0.1) is 5.69 Å². The summed E-state index contributed by atoms with van der Waals surface area (Å²) in [5.41, 5.74) is 0.722. The van der Waals surface area contributed by atoms with Crippen LogP contribution in [0.4, 0.5) is 5.95 Å². The molecule has 0 unspecified atom stereocenters. The Kier molecular flexibility index (Phi) is 3.28. The second-order valence-electron chi connectivity index (χ2n) is 4.83. The summed E-state index contributed by atoms with van der Waals surface area (Å²) in [4.78, 5) is 17.0. The molecule has 2 aromatic heterocycles. The highest BCUT2D eigenvalue weighted by atomic mass is 32.1. The Morgan fingerprint density at radius 3 is 2.84 bits per heavy atom. The highest BCUT2D eigenvalue weighted by Gasteiger charge is 2.28. The summed E-state index contributed by atoms with van der Waals surface area (Å²) in [6.07, 6.45) is 2.36. The number of amides is 1. The first-order valence-electron chi connectivity index (χ1n) is 6.12. The molecule has 100 valence electrons. The van der Waals surface area contributed by atoms with Crippen molar-refractivity contribution in [3.63, 3.8) is 0 Å². The number of nitrogens with one attached hydrogen (secondary N) is 1. The number of carbonyl (C=O) groups excluding carboxylic acids is 1. The van der Waals surface area contributed by atoms with E-state index in [-0.39, 0.29) is 11.8 Å². The maximum absolute atomic E-state index is 12.1. The maximum Gasteiger partial charge on any atom is 0.271 e. The van der Waals surface area contributed by atoms with Crippen LogP contribution < -0.4 is 5.32 Å². The van der Waals surface area contributed by atoms with Crippen molar-refractivity contribution in [2.75, 3.05) is 5.32 Å². The molecule has 0 atom stereocenters. The van der Waals surface area contributed by atoms with E-state index in [9.17, 15) is 4.79 Å². The molecule has 19 heavy (non-hydrogen) atoms. The Morgan fingerprint density at radius 2 is 2.16 bits per heavy atom. The topological polar surface area (TPSA) is 80.7 Å². The van der Waals surface area contributed by atoms with Crippen LogP contribution in [0.1, 0.15) is 58.9 Å². The van der Waals surface area contributed by atoms with Gasteiger partial charge in [0.1, 0.15) is 9.88 Å². The first-order valence-corrected chi connectivity index (χ1v) is 7.67. The molecule has 2 heterocycles. The van der Waals surface area contributed by atoms with Gasteiger partial charge in [0, 0.05) is 5.92 Å². The van der Waals surface area contributed by atoms with Crippen LogP contribution in [-0.2, 0) is 0 Å². The number of carbonyl (C=O) groups is 1. The van der Waals surface area contributed by atoms with Gasteiger partial charge < -0.3 is 0 Å². The Morgan fingerprint density at radius 1 is 1.37 bits per heavy atom. The second kappa shape index (κ2) is 4.93. The van der Waals surface area contributed by atoms with Crippen LogP contribution in [-0.4, -0.2) is 24.9 Å². The Balaban J connectivity index is 1.74. The summed E-state index contributed by atoms with van der Waals surface area (Å²) in [6.45, 7) is 3.97. The van der Waals surface area contributed by atoms with Crippen molar-refractivity contribution in [2.45, 2.75) is 38.5 Å². The molecule has 8 heteroatoms. The minimum atomic E-state index is -0.223. The Bertz CT molecular complexity index is 602. The largest absolute Gasteiger partial charge is 0.289 e. The van der Waals surface area contributed by atoms with Gasteiger partial charge in [-0.05, 0) is 41.8 Å². The third kappa shape index (κ3) is 2.64. The maximum atomic E-state index is 12.1. The average molecular weight is 295 g/mol. The van der Waals surface area contributed by atoms with Crippen LogP contribution in [0.2, 0.25) is 0 Å². The predicted octanol–water partition coefficient (Wildman–Crippen LogP) is 2.64. The SMILES string of the molecule is CC(C)c1nnsc1C(=O)Nc1nsc(C2CC2)n1. The van der Waals surface area contributed by atoms with Crippen molar-refractivity contribution >= 4 is 34.9 Å². The van der Waals surface area contributed by atoms with E-state index in [1.54, 1.807) is 0 Å². The smallest absolute Gasteiger partial charge is 0.271 e. The quantitative estimate of drug-likeness (QED) is 0.937. The monoisotopic (exact) mass is 295 g/mol. The zero-order chi connectivity index (χ0) is 13.4. The lowest BCUT2D eigenvalue weighted by Crippen LogP contribution is -2.14. The molecule has 1 fully saturated rings. The van der Waals surface area contributed by atoms with Gasteiger partial charge in [-0.15, -0.1) is 5.10 Å². The fraction of sp³-hybridized carbons (Fsp3) is 0.545. The number of anilines is 1. The third-order valence-electron chi connectivity index (χ3n) is 2.86. The lowest BCUT2D eigenvalue weighted by atomic mass is 10.1. The molecule has 0 spiro atoms. The molecule has 0 aliphatic heterocycles. The molecule has 1 aliphatic rings. The molecule has 0 aromatic carbocycles. The molecule has 3 rings (SSSR count). The van der Waals surface area contributed by atoms with E-state index >= 15 is 0 Å². The van der Waals surface area contributed by atoms with Crippen molar-refractivity contribution in [1.82, 2.24) is 18.9 Å². The second-order valence-corrected chi connectivity index (χ2v) is 6.36. The van der Waals surface area contributed by atoms with Crippen molar-refractivity contribution in [3.8, 4) is 0 Å². The van der Waals surface area contributed by atoms with Gasteiger partial charge in [0.2, 0.25) is 5.95 Å². The van der Waals surface area contributed by atoms with Gasteiger partial charge >= 0.3 is 0 Å². The molecule has 1 saturated carbocycles. The number of hydrogen-bond acceptors (Lipinski definition) is 7. The summed E-state index contributed by atoms with van der Waals surface area (Å²) in [5.74, 6) is 0.892. The van der Waals surface area contributed by atoms with Crippen LogP contribution in [0.15, 0.2) is 0 Å². The van der Waals surface area contributed by atoms with Gasteiger partial charge in [-0.3, -0.25) is 10.1 Å². The van der Waals surface area contributed by atoms with Gasteiger partial charge in [-0.2, -0.15) is 4.37 Å². The van der Waals surface area contributed by atoms with Crippen LogP contribution in [0, 0.1) is 0 Å². The highest BCUT2D eigenvalue weighted by Crippen LogP contribution is 2.41. The van der Waals surface area contributed by atoms with Crippen LogP contribution in [0.5, 0.6) is 0 Å². The molecule has 0 bridgehead atoms. The van der Waals surface area contributed by atoms with Crippen LogP contribution >= 0.6 is 23.1 Å². The van der Waals surface area contributed by atoms with E-state index in [0.717, 1.165) is 22.2 Å². The van der Waals surface area contributed by atoms with Crippen molar-refractivity contribution in [3.05, 3.63) is 15.6 Å². The number of aromatic nitrogens is 4. The van der Waals surface area contributed by atoms with Gasteiger partial charge in [0.25, 0.3) is 5.91 Å². The minimum absolute atomic E-state index is 0.171. The zero-order valence-corrected chi connectivity index (χ0v) is 12.2. The number of rotatable bonds is 4. The van der Waals surface area contributed by atoms with Crippen molar-refractivity contribution in [1.29, 1.82) is 0 Å². The minimum Gasteiger partial charge on any atom is -0.289 e. The lowest BCUT2D eigenvalue weighted by molar-refractivity contribution is 0.102. The van der Waals surface area contributed by atoms with E-state index < -0.39 is 0 Å². The standard InChI is InChI=1S/C11H13N5OS2/c1-5(2)7-8(18-16-14-7)9(17)12-11-13-10(19-15-11)6-3-4-6/h5-6H,3-4H2,1-2H3,(H,12,15,17). The van der Waals surface area contributed by atoms with Crippen molar-refractivity contribution in [2.24, 2.45) is 0 Å². The van der Waals surface area contributed by atoms with Gasteiger partial charge in [0.15, 0.2) is 0 Å². The van der Waals surface area contributed by atoms with E-state index in [4.69, 9.17) is 0 Å². The van der Waals surface area contributed by atoms with Crippen molar-refractivity contribution < 1.29 is 4.79 Å². The zero-order valence-electron chi connectivity index (χ0n) is 10.6. The summed E-state index contributed by atoms with van der Waals surface area (Å²) in [5, 5.41) is 7.73. The van der Waals surface area contributed by atoms with E-state index in [2.05, 4.69) is 24.3 Å². The molecular weight excluding hydrogens is 282 g/mol. The first-order chi connectivity index (χ1) is 9.15. The Hall–Kier alpha value is -1.41. The molecule has 1 N–H and O–H groups in total. The fourth-order valence-corrected chi connectivity index (χ4v) is 3.17. The molecule has 6 nitrogen and oxygen atoms in total. The normalized spacial score (nSPS) is 14.9. The third-order valence-corrected chi connectivity index (χ3v) is 4.48. The molecule has 2 aromatic rings. The number of nitrogens with zero attached hydrogens (tertiary/aromatic N) is 4. The van der Waals surface area contributed by atoms with E-state index in [1.807, 2.05) is 13.8 Å². The first kappa shape index (κ1) is 12.6. The Labute approximate surface area is 118 Å². The highest BCUT2D eigenvalue weighted by molar-refractivity contribution is 7.08. The lowest BCUT2D eigenvalue weighted by Gasteiger charge is -2.02. The molecule has 0 saturated heterocycles. The van der Waals surface area contributed by atoms with Crippen LogP contribution in [0.25, 0.3) is 0 Å².